The van der Waals surface area contributed by atoms with Gasteiger partial charge in [0, 0.05) is 44.5 Å². The van der Waals surface area contributed by atoms with Crippen LogP contribution in [0.5, 0.6) is 11.5 Å². The first kappa shape index (κ1) is 25.3. The average molecular weight is 548 g/mol. The summed E-state index contributed by atoms with van der Waals surface area (Å²) in [6, 6.07) is 15.3. The summed E-state index contributed by atoms with van der Waals surface area (Å²) in [5.41, 5.74) is 2.14. The highest BCUT2D eigenvalue weighted by Gasteiger charge is 2.21. The SMILES string of the molecule is Cc1cc(N2CCN(Cc3ccc4c(c3)OCO4)CC2)nc(SCc2ccc(C(=O)NCc3ccco3)o2)n1. The standard InChI is InChI=1S/C28H29N5O5S/c1-19-13-26(33-10-8-32(9-11-33)16-20-4-6-23-25(14-20)37-18-36-23)31-28(30-19)39-17-22-5-7-24(38-22)27(34)29-15-21-3-2-12-35-21/h2-7,12-14H,8-11,15-18H2,1H3,(H,29,34). The highest BCUT2D eigenvalue weighted by molar-refractivity contribution is 7.98. The number of carbonyl (C=O) groups excluding carboxylic acids is 1. The molecule has 39 heavy (non-hydrogen) atoms. The molecule has 0 spiro atoms. The van der Waals surface area contributed by atoms with E-state index in [4.69, 9.17) is 23.3 Å². The molecule has 1 fully saturated rings. The van der Waals surface area contributed by atoms with Gasteiger partial charge in [-0.1, -0.05) is 17.8 Å². The minimum absolute atomic E-state index is 0.265. The van der Waals surface area contributed by atoms with Gasteiger partial charge in [-0.15, -0.1) is 0 Å². The molecule has 2 aliphatic heterocycles. The highest BCUT2D eigenvalue weighted by Crippen LogP contribution is 2.33. The fourth-order valence-corrected chi connectivity index (χ4v) is 5.36. The Labute approximate surface area is 230 Å². The van der Waals surface area contributed by atoms with Crippen LogP contribution in [-0.2, 0) is 18.8 Å². The number of amides is 1. The molecule has 2 aliphatic rings. The zero-order chi connectivity index (χ0) is 26.6. The fourth-order valence-electron chi connectivity index (χ4n) is 4.57. The number of hydrogen-bond acceptors (Lipinski definition) is 10. The maximum absolute atomic E-state index is 12.4. The number of nitrogens with one attached hydrogen (secondary N) is 1. The molecule has 5 heterocycles. The Kier molecular flexibility index (Phi) is 7.42. The average Bonchev–Trinajstić information content (AvgIpc) is 3.73. The maximum Gasteiger partial charge on any atom is 0.287 e. The van der Waals surface area contributed by atoms with Crippen molar-refractivity contribution in [3.63, 3.8) is 0 Å². The van der Waals surface area contributed by atoms with Crippen molar-refractivity contribution in [2.45, 2.75) is 30.9 Å². The molecule has 0 unspecified atom stereocenters. The van der Waals surface area contributed by atoms with E-state index in [0.717, 1.165) is 55.7 Å². The smallest absolute Gasteiger partial charge is 0.287 e. The third-order valence-electron chi connectivity index (χ3n) is 6.59. The molecular weight excluding hydrogens is 518 g/mol. The van der Waals surface area contributed by atoms with Crippen LogP contribution in [-0.4, -0.2) is 53.7 Å². The van der Waals surface area contributed by atoms with Gasteiger partial charge in [-0.05, 0) is 48.9 Å². The van der Waals surface area contributed by atoms with Crippen LogP contribution >= 0.6 is 11.8 Å². The third kappa shape index (κ3) is 6.21. The number of nitrogens with zero attached hydrogens (tertiary/aromatic N) is 4. The number of furan rings is 2. The van der Waals surface area contributed by atoms with Gasteiger partial charge in [0.1, 0.15) is 17.3 Å². The molecule has 1 amide bonds. The summed E-state index contributed by atoms with van der Waals surface area (Å²) >= 11 is 1.49. The lowest BCUT2D eigenvalue weighted by Crippen LogP contribution is -2.46. The molecule has 0 atom stereocenters. The Morgan fingerprint density at radius 1 is 1.00 bits per heavy atom. The van der Waals surface area contributed by atoms with Crippen molar-refractivity contribution in [3.8, 4) is 11.5 Å². The van der Waals surface area contributed by atoms with Crippen LogP contribution in [0.25, 0.3) is 0 Å². The van der Waals surface area contributed by atoms with Gasteiger partial charge in [0.25, 0.3) is 5.91 Å². The van der Waals surface area contributed by atoms with Gasteiger partial charge in [-0.25, -0.2) is 9.97 Å². The quantitative estimate of drug-likeness (QED) is 0.242. The Morgan fingerprint density at radius 2 is 1.87 bits per heavy atom. The van der Waals surface area contributed by atoms with Crippen molar-refractivity contribution < 1.29 is 23.1 Å². The lowest BCUT2D eigenvalue weighted by Gasteiger charge is -2.35. The molecule has 1 aromatic carbocycles. The molecule has 202 valence electrons. The number of carbonyl (C=O) groups is 1. The molecule has 0 bridgehead atoms. The predicted octanol–water partition coefficient (Wildman–Crippen LogP) is 4.24. The van der Waals surface area contributed by atoms with Crippen LogP contribution in [0.15, 0.2) is 68.8 Å². The number of anilines is 1. The van der Waals surface area contributed by atoms with Crippen molar-refractivity contribution in [1.29, 1.82) is 0 Å². The number of ether oxygens (including phenoxy) is 2. The highest BCUT2D eigenvalue weighted by atomic mass is 32.2. The van der Waals surface area contributed by atoms with Gasteiger partial charge in [-0.3, -0.25) is 9.69 Å². The molecule has 11 heteroatoms. The fraction of sp³-hybridized carbons (Fsp3) is 0.321. The molecule has 0 radical (unpaired) electrons. The number of rotatable bonds is 9. The van der Waals surface area contributed by atoms with Crippen molar-refractivity contribution in [2.75, 3.05) is 37.9 Å². The van der Waals surface area contributed by atoms with E-state index in [-0.39, 0.29) is 11.7 Å². The molecule has 0 saturated carbocycles. The molecule has 6 rings (SSSR count). The van der Waals surface area contributed by atoms with E-state index in [1.54, 1.807) is 18.4 Å². The maximum atomic E-state index is 12.4. The first-order valence-electron chi connectivity index (χ1n) is 12.8. The second-order valence-electron chi connectivity index (χ2n) is 9.42. The van der Waals surface area contributed by atoms with Crippen LogP contribution < -0.4 is 19.7 Å². The molecule has 4 aromatic rings. The zero-order valence-corrected chi connectivity index (χ0v) is 22.4. The van der Waals surface area contributed by atoms with Crippen LogP contribution in [0.4, 0.5) is 5.82 Å². The largest absolute Gasteiger partial charge is 0.467 e. The minimum Gasteiger partial charge on any atom is -0.467 e. The number of piperazine rings is 1. The predicted molar refractivity (Wildman–Crippen MR) is 145 cm³/mol. The number of aryl methyl sites for hydroxylation is 1. The van der Waals surface area contributed by atoms with Gasteiger partial charge in [0.2, 0.25) is 6.79 Å². The van der Waals surface area contributed by atoms with E-state index in [9.17, 15) is 4.79 Å². The van der Waals surface area contributed by atoms with E-state index in [2.05, 4.69) is 32.2 Å². The van der Waals surface area contributed by atoms with Crippen LogP contribution in [0.3, 0.4) is 0 Å². The normalized spacial score (nSPS) is 15.1. The summed E-state index contributed by atoms with van der Waals surface area (Å²) in [7, 11) is 0. The molecule has 10 nitrogen and oxygen atoms in total. The molecule has 1 N–H and O–H groups in total. The minimum atomic E-state index is -0.283. The van der Waals surface area contributed by atoms with Crippen molar-refractivity contribution in [3.05, 3.63) is 83.3 Å². The number of thioether (sulfide) groups is 1. The molecule has 0 aliphatic carbocycles. The monoisotopic (exact) mass is 547 g/mol. The Hall–Kier alpha value is -3.96. The van der Waals surface area contributed by atoms with E-state index < -0.39 is 0 Å². The van der Waals surface area contributed by atoms with Gasteiger partial charge >= 0.3 is 0 Å². The summed E-state index contributed by atoms with van der Waals surface area (Å²) in [4.78, 5) is 26.5. The molecular formula is C28H29N5O5S. The van der Waals surface area contributed by atoms with Crippen molar-refractivity contribution in [2.24, 2.45) is 0 Å². The summed E-state index contributed by atoms with van der Waals surface area (Å²) in [5.74, 6) is 4.46. The topological polar surface area (TPSA) is 106 Å². The number of benzene rings is 1. The second kappa shape index (κ2) is 11.4. The van der Waals surface area contributed by atoms with E-state index in [1.807, 2.05) is 31.2 Å². The summed E-state index contributed by atoms with van der Waals surface area (Å²) in [6.07, 6.45) is 1.57. The van der Waals surface area contributed by atoms with Gasteiger partial charge in [-0.2, -0.15) is 0 Å². The first-order valence-corrected chi connectivity index (χ1v) is 13.8. The van der Waals surface area contributed by atoms with Crippen LogP contribution in [0, 0.1) is 6.92 Å². The Bertz CT molecular complexity index is 1430. The first-order chi connectivity index (χ1) is 19.1. The summed E-state index contributed by atoms with van der Waals surface area (Å²) in [6.45, 7) is 7.12. The summed E-state index contributed by atoms with van der Waals surface area (Å²) in [5, 5.41) is 3.48. The number of fused-ring (bicyclic) bond motifs is 1. The lowest BCUT2D eigenvalue weighted by molar-refractivity contribution is 0.0919. The summed E-state index contributed by atoms with van der Waals surface area (Å²) < 4.78 is 21.9. The van der Waals surface area contributed by atoms with Gasteiger partial charge < -0.3 is 28.5 Å². The number of aromatic nitrogens is 2. The molecule has 1 saturated heterocycles. The van der Waals surface area contributed by atoms with E-state index >= 15 is 0 Å². The number of hydrogen-bond donors (Lipinski definition) is 1. The lowest BCUT2D eigenvalue weighted by atomic mass is 10.1. The zero-order valence-electron chi connectivity index (χ0n) is 21.6. The van der Waals surface area contributed by atoms with E-state index in [0.29, 0.717) is 35.8 Å². The second-order valence-corrected chi connectivity index (χ2v) is 10.4. The van der Waals surface area contributed by atoms with Crippen LogP contribution in [0.2, 0.25) is 0 Å². The Balaban J connectivity index is 1.01. The Morgan fingerprint density at radius 3 is 2.72 bits per heavy atom. The van der Waals surface area contributed by atoms with Crippen molar-refractivity contribution >= 4 is 23.5 Å². The van der Waals surface area contributed by atoms with Gasteiger partial charge in [0.05, 0.1) is 18.6 Å². The molecule has 3 aromatic heterocycles. The van der Waals surface area contributed by atoms with Crippen LogP contribution in [0.1, 0.15) is 33.3 Å². The van der Waals surface area contributed by atoms with Gasteiger partial charge in [0.15, 0.2) is 22.4 Å². The third-order valence-corrected chi connectivity index (χ3v) is 7.46. The van der Waals surface area contributed by atoms with Crippen molar-refractivity contribution in [1.82, 2.24) is 20.2 Å². The van der Waals surface area contributed by atoms with E-state index in [1.165, 1.54) is 17.3 Å².